The first kappa shape index (κ1) is 9.53. The molecule has 0 radical (unpaired) electrons. The van der Waals surface area contributed by atoms with Crippen molar-refractivity contribution in [1.82, 2.24) is 24.9 Å². The zero-order chi connectivity index (χ0) is 11.0. The quantitative estimate of drug-likeness (QED) is 0.701. The number of hydrogen-bond donors (Lipinski definition) is 2. The second kappa shape index (κ2) is 3.71. The molecule has 0 aliphatic carbocycles. The Bertz CT molecular complexity index is 552. The number of H-pyrrole nitrogens is 1. The molecule has 16 heavy (non-hydrogen) atoms. The normalized spacial score (nSPS) is 18.0. The minimum atomic E-state index is -0.0627. The SMILES string of the molecule is O=c1ccnc2[nH]nc(C3CCNCC3)n12. The molecule has 2 aromatic rings. The Labute approximate surface area is 91.7 Å². The summed E-state index contributed by atoms with van der Waals surface area (Å²) in [6.45, 7) is 1.96. The molecule has 1 saturated heterocycles. The zero-order valence-corrected chi connectivity index (χ0v) is 8.81. The fourth-order valence-corrected chi connectivity index (χ4v) is 2.22. The zero-order valence-electron chi connectivity index (χ0n) is 8.81. The highest BCUT2D eigenvalue weighted by Crippen LogP contribution is 2.22. The van der Waals surface area contributed by atoms with E-state index in [9.17, 15) is 4.79 Å². The van der Waals surface area contributed by atoms with Crippen LogP contribution in [0.4, 0.5) is 0 Å². The Balaban J connectivity index is 2.12. The Morgan fingerprint density at radius 1 is 1.38 bits per heavy atom. The minimum Gasteiger partial charge on any atom is -0.317 e. The van der Waals surface area contributed by atoms with E-state index in [1.807, 2.05) is 0 Å². The summed E-state index contributed by atoms with van der Waals surface area (Å²) in [7, 11) is 0. The summed E-state index contributed by atoms with van der Waals surface area (Å²) in [5.41, 5.74) is -0.0627. The van der Waals surface area contributed by atoms with E-state index >= 15 is 0 Å². The third-order valence-corrected chi connectivity index (χ3v) is 3.05. The maximum Gasteiger partial charge on any atom is 0.260 e. The van der Waals surface area contributed by atoms with Crippen LogP contribution in [0, 0.1) is 0 Å². The van der Waals surface area contributed by atoms with Crippen molar-refractivity contribution in [3.63, 3.8) is 0 Å². The molecule has 6 nitrogen and oxygen atoms in total. The fourth-order valence-electron chi connectivity index (χ4n) is 2.22. The van der Waals surface area contributed by atoms with Gasteiger partial charge >= 0.3 is 0 Å². The summed E-state index contributed by atoms with van der Waals surface area (Å²) >= 11 is 0. The molecule has 1 fully saturated rings. The van der Waals surface area contributed by atoms with Gasteiger partial charge in [-0.1, -0.05) is 0 Å². The first-order valence-electron chi connectivity index (χ1n) is 5.49. The maximum atomic E-state index is 11.8. The first-order chi connectivity index (χ1) is 7.86. The number of hydrogen-bond acceptors (Lipinski definition) is 4. The highest BCUT2D eigenvalue weighted by atomic mass is 16.1. The van der Waals surface area contributed by atoms with Crippen molar-refractivity contribution in [2.24, 2.45) is 0 Å². The summed E-state index contributed by atoms with van der Waals surface area (Å²) in [6.07, 6.45) is 3.53. The average Bonchev–Trinajstić information content (AvgIpc) is 2.75. The third kappa shape index (κ3) is 1.42. The summed E-state index contributed by atoms with van der Waals surface area (Å²) in [4.78, 5) is 15.8. The molecule has 0 spiro atoms. The number of fused-ring (bicyclic) bond motifs is 1. The molecule has 3 heterocycles. The average molecular weight is 219 g/mol. The lowest BCUT2D eigenvalue weighted by molar-refractivity contribution is 0.442. The molecule has 0 amide bonds. The lowest BCUT2D eigenvalue weighted by Crippen LogP contribution is -2.28. The van der Waals surface area contributed by atoms with Crippen LogP contribution in [0.1, 0.15) is 24.6 Å². The predicted octanol–water partition coefficient (Wildman–Crippen LogP) is -0.115. The largest absolute Gasteiger partial charge is 0.317 e. The lowest BCUT2D eigenvalue weighted by Gasteiger charge is -2.20. The number of nitrogens with one attached hydrogen (secondary N) is 2. The van der Waals surface area contributed by atoms with Crippen LogP contribution in [0.15, 0.2) is 17.1 Å². The van der Waals surface area contributed by atoms with E-state index < -0.39 is 0 Å². The van der Waals surface area contributed by atoms with E-state index in [1.165, 1.54) is 12.3 Å². The second-order valence-electron chi connectivity index (χ2n) is 4.05. The van der Waals surface area contributed by atoms with Crippen molar-refractivity contribution < 1.29 is 0 Å². The Morgan fingerprint density at radius 2 is 2.19 bits per heavy atom. The Kier molecular flexibility index (Phi) is 2.21. The first-order valence-corrected chi connectivity index (χ1v) is 5.49. The molecule has 1 aliphatic rings. The van der Waals surface area contributed by atoms with Gasteiger partial charge in [0.05, 0.1) is 0 Å². The molecule has 0 aromatic carbocycles. The number of rotatable bonds is 1. The van der Waals surface area contributed by atoms with Crippen LogP contribution >= 0.6 is 0 Å². The Morgan fingerprint density at radius 3 is 3.00 bits per heavy atom. The highest BCUT2D eigenvalue weighted by molar-refractivity contribution is 5.27. The number of piperidine rings is 1. The van der Waals surface area contributed by atoms with E-state index in [0.717, 1.165) is 31.8 Å². The number of aromatic amines is 1. The van der Waals surface area contributed by atoms with Crippen molar-refractivity contribution in [2.75, 3.05) is 13.1 Å². The minimum absolute atomic E-state index is 0.0627. The van der Waals surface area contributed by atoms with Gasteiger partial charge in [0.15, 0.2) is 0 Å². The molecule has 6 heteroatoms. The van der Waals surface area contributed by atoms with Crippen LogP contribution in [-0.2, 0) is 0 Å². The van der Waals surface area contributed by atoms with E-state index in [1.54, 1.807) is 4.40 Å². The van der Waals surface area contributed by atoms with Crippen LogP contribution in [0.25, 0.3) is 5.78 Å². The van der Waals surface area contributed by atoms with Crippen LogP contribution < -0.4 is 10.9 Å². The van der Waals surface area contributed by atoms with Gasteiger partial charge in [0.1, 0.15) is 5.82 Å². The molecule has 0 atom stereocenters. The van der Waals surface area contributed by atoms with Gasteiger partial charge in [-0.05, 0) is 25.9 Å². The summed E-state index contributed by atoms with van der Waals surface area (Å²) in [5.74, 6) is 1.69. The molecule has 0 bridgehead atoms. The summed E-state index contributed by atoms with van der Waals surface area (Å²) < 4.78 is 1.58. The summed E-state index contributed by atoms with van der Waals surface area (Å²) in [6, 6.07) is 1.47. The molecule has 3 rings (SSSR count). The van der Waals surface area contributed by atoms with Gasteiger partial charge in [0.2, 0.25) is 5.78 Å². The van der Waals surface area contributed by atoms with E-state index in [2.05, 4.69) is 20.5 Å². The van der Waals surface area contributed by atoms with Crippen molar-refractivity contribution in [3.8, 4) is 0 Å². The fraction of sp³-hybridized carbons (Fsp3) is 0.500. The molecule has 84 valence electrons. The molecule has 0 saturated carbocycles. The van der Waals surface area contributed by atoms with Gasteiger partial charge < -0.3 is 5.32 Å². The van der Waals surface area contributed by atoms with Gasteiger partial charge in [-0.15, -0.1) is 0 Å². The monoisotopic (exact) mass is 219 g/mol. The van der Waals surface area contributed by atoms with Crippen molar-refractivity contribution in [3.05, 3.63) is 28.4 Å². The van der Waals surface area contributed by atoms with Crippen molar-refractivity contribution in [2.45, 2.75) is 18.8 Å². The Hall–Kier alpha value is -1.69. The molecule has 2 N–H and O–H groups in total. The summed E-state index contributed by atoms with van der Waals surface area (Å²) in [5, 5.41) is 10.3. The number of aromatic nitrogens is 4. The van der Waals surface area contributed by atoms with Gasteiger partial charge in [-0.2, -0.15) is 5.10 Å². The second-order valence-corrected chi connectivity index (χ2v) is 4.05. The van der Waals surface area contributed by atoms with Gasteiger partial charge in [-0.25, -0.2) is 14.5 Å². The van der Waals surface area contributed by atoms with E-state index in [-0.39, 0.29) is 5.56 Å². The molecular formula is C10H13N5O. The topological polar surface area (TPSA) is 75.1 Å². The van der Waals surface area contributed by atoms with Gasteiger partial charge in [0, 0.05) is 18.2 Å². The highest BCUT2D eigenvalue weighted by Gasteiger charge is 2.21. The van der Waals surface area contributed by atoms with Crippen molar-refractivity contribution in [1.29, 1.82) is 0 Å². The van der Waals surface area contributed by atoms with Crippen LogP contribution in [0.2, 0.25) is 0 Å². The van der Waals surface area contributed by atoms with Gasteiger partial charge in [0.25, 0.3) is 5.56 Å². The van der Waals surface area contributed by atoms with E-state index in [4.69, 9.17) is 0 Å². The predicted molar refractivity (Wildman–Crippen MR) is 58.5 cm³/mol. The third-order valence-electron chi connectivity index (χ3n) is 3.05. The van der Waals surface area contributed by atoms with E-state index in [0.29, 0.717) is 11.7 Å². The van der Waals surface area contributed by atoms with Crippen LogP contribution in [0.3, 0.4) is 0 Å². The lowest BCUT2D eigenvalue weighted by atomic mass is 9.97. The van der Waals surface area contributed by atoms with Crippen LogP contribution in [0.5, 0.6) is 0 Å². The molecular weight excluding hydrogens is 206 g/mol. The standard InChI is InChI=1S/C10H13N5O/c16-8-3-6-12-10-14-13-9(15(8)10)7-1-4-11-5-2-7/h3,6-7,11H,1-2,4-5H2,(H,12,14). The molecule has 0 unspecified atom stereocenters. The number of nitrogens with zero attached hydrogens (tertiary/aromatic N) is 3. The van der Waals surface area contributed by atoms with Crippen LogP contribution in [-0.4, -0.2) is 32.7 Å². The van der Waals surface area contributed by atoms with Gasteiger partial charge in [-0.3, -0.25) is 4.79 Å². The smallest absolute Gasteiger partial charge is 0.260 e. The van der Waals surface area contributed by atoms with Crippen molar-refractivity contribution >= 4 is 5.78 Å². The molecule has 1 aliphatic heterocycles. The molecule has 2 aromatic heterocycles. The maximum absolute atomic E-state index is 11.8.